The van der Waals surface area contributed by atoms with Crippen LogP contribution in [-0.2, 0) is 0 Å². The van der Waals surface area contributed by atoms with E-state index in [4.69, 9.17) is 5.84 Å². The van der Waals surface area contributed by atoms with Crippen molar-refractivity contribution < 1.29 is 4.79 Å². The number of nitrogens with zero attached hydrogens (tertiary/aromatic N) is 1. The molecule has 0 bridgehead atoms. The monoisotopic (exact) mass is 234 g/mol. The van der Waals surface area contributed by atoms with Crippen LogP contribution in [-0.4, -0.2) is 16.9 Å². The van der Waals surface area contributed by atoms with Crippen LogP contribution in [0.4, 0.5) is 5.82 Å². The fourth-order valence-corrected chi connectivity index (χ4v) is 2.15. The summed E-state index contributed by atoms with van der Waals surface area (Å²) in [6, 6.07) is 5.47. The highest BCUT2D eigenvalue weighted by atomic mass is 16.1. The zero-order valence-corrected chi connectivity index (χ0v) is 9.78. The Morgan fingerprint density at radius 2 is 2.06 bits per heavy atom. The van der Waals surface area contributed by atoms with Crippen LogP contribution in [0.25, 0.3) is 0 Å². The Kier molecular flexibility index (Phi) is 3.93. The summed E-state index contributed by atoms with van der Waals surface area (Å²) < 4.78 is 0. The maximum Gasteiger partial charge on any atom is 0.270 e. The zero-order chi connectivity index (χ0) is 12.1. The van der Waals surface area contributed by atoms with E-state index in [2.05, 4.69) is 15.7 Å². The SMILES string of the molecule is NNc1cccc(C(=O)NC2CCCCC2)n1. The Morgan fingerprint density at radius 3 is 2.76 bits per heavy atom. The van der Waals surface area contributed by atoms with E-state index in [1.807, 2.05) is 0 Å². The van der Waals surface area contributed by atoms with Gasteiger partial charge < -0.3 is 10.7 Å². The number of nitrogen functional groups attached to an aromatic ring is 1. The molecule has 2 rings (SSSR count). The Bertz CT molecular complexity index is 388. The molecule has 17 heavy (non-hydrogen) atoms. The van der Waals surface area contributed by atoms with Gasteiger partial charge in [0.25, 0.3) is 5.91 Å². The molecule has 1 aliphatic rings. The van der Waals surface area contributed by atoms with Crippen molar-refractivity contribution in [2.75, 3.05) is 5.43 Å². The van der Waals surface area contributed by atoms with Crippen LogP contribution < -0.4 is 16.6 Å². The van der Waals surface area contributed by atoms with Gasteiger partial charge >= 0.3 is 0 Å². The second-order valence-electron chi connectivity index (χ2n) is 4.36. The number of pyridine rings is 1. The van der Waals surface area contributed by atoms with Crippen molar-refractivity contribution in [1.82, 2.24) is 10.3 Å². The summed E-state index contributed by atoms with van der Waals surface area (Å²) >= 11 is 0. The van der Waals surface area contributed by atoms with Gasteiger partial charge in [-0.3, -0.25) is 4.79 Å². The second-order valence-corrected chi connectivity index (χ2v) is 4.36. The average Bonchev–Trinajstić information content (AvgIpc) is 2.40. The molecule has 1 heterocycles. The van der Waals surface area contributed by atoms with Crippen molar-refractivity contribution in [3.05, 3.63) is 23.9 Å². The standard InChI is InChI=1S/C12H18N4O/c13-16-11-8-4-7-10(15-11)12(17)14-9-5-2-1-3-6-9/h4,7-9H,1-3,5-6,13H2,(H,14,17)(H,15,16). The smallest absolute Gasteiger partial charge is 0.270 e. The van der Waals surface area contributed by atoms with Crippen LogP contribution in [0, 0.1) is 0 Å². The Morgan fingerprint density at radius 1 is 1.29 bits per heavy atom. The van der Waals surface area contributed by atoms with E-state index in [9.17, 15) is 4.79 Å². The molecule has 0 saturated heterocycles. The predicted octanol–water partition coefficient (Wildman–Crippen LogP) is 1.43. The normalized spacial score (nSPS) is 16.5. The molecule has 4 N–H and O–H groups in total. The first-order valence-electron chi connectivity index (χ1n) is 6.04. The molecule has 92 valence electrons. The van der Waals surface area contributed by atoms with E-state index >= 15 is 0 Å². The average molecular weight is 234 g/mol. The van der Waals surface area contributed by atoms with Crippen LogP contribution in [0.1, 0.15) is 42.6 Å². The first-order valence-corrected chi connectivity index (χ1v) is 6.04. The van der Waals surface area contributed by atoms with E-state index < -0.39 is 0 Å². The lowest BCUT2D eigenvalue weighted by molar-refractivity contribution is 0.0923. The molecule has 0 spiro atoms. The minimum atomic E-state index is -0.117. The molecule has 0 aromatic carbocycles. The lowest BCUT2D eigenvalue weighted by atomic mass is 9.95. The first-order chi connectivity index (χ1) is 8.29. The summed E-state index contributed by atoms with van der Waals surface area (Å²) in [6.45, 7) is 0. The molecule has 0 radical (unpaired) electrons. The van der Waals surface area contributed by atoms with Gasteiger partial charge in [0.05, 0.1) is 0 Å². The van der Waals surface area contributed by atoms with Crippen molar-refractivity contribution in [1.29, 1.82) is 0 Å². The predicted molar refractivity (Wildman–Crippen MR) is 66.4 cm³/mol. The largest absolute Gasteiger partial charge is 0.348 e. The lowest BCUT2D eigenvalue weighted by Crippen LogP contribution is -2.36. The highest BCUT2D eigenvalue weighted by molar-refractivity contribution is 5.92. The number of aromatic nitrogens is 1. The summed E-state index contributed by atoms with van der Waals surface area (Å²) in [4.78, 5) is 16.0. The highest BCUT2D eigenvalue weighted by Crippen LogP contribution is 2.17. The van der Waals surface area contributed by atoms with Crippen molar-refractivity contribution in [3.63, 3.8) is 0 Å². The van der Waals surface area contributed by atoms with Gasteiger partial charge in [-0.25, -0.2) is 10.8 Å². The fraction of sp³-hybridized carbons (Fsp3) is 0.500. The first kappa shape index (κ1) is 11.9. The molecule has 1 aromatic heterocycles. The van der Waals surface area contributed by atoms with E-state index in [1.165, 1.54) is 19.3 Å². The molecule has 1 aliphatic carbocycles. The third-order valence-corrected chi connectivity index (χ3v) is 3.07. The summed E-state index contributed by atoms with van der Waals surface area (Å²) in [5.74, 6) is 5.64. The van der Waals surface area contributed by atoms with Gasteiger partial charge in [0.1, 0.15) is 11.5 Å². The molecule has 0 unspecified atom stereocenters. The number of hydrazine groups is 1. The van der Waals surface area contributed by atoms with Crippen LogP contribution in [0.5, 0.6) is 0 Å². The van der Waals surface area contributed by atoms with Crippen molar-refractivity contribution in [2.45, 2.75) is 38.1 Å². The quantitative estimate of drug-likeness (QED) is 0.546. The van der Waals surface area contributed by atoms with Crippen LogP contribution in [0.2, 0.25) is 0 Å². The van der Waals surface area contributed by atoms with Crippen molar-refractivity contribution >= 4 is 11.7 Å². The maximum atomic E-state index is 11.9. The number of hydrogen-bond donors (Lipinski definition) is 3. The minimum Gasteiger partial charge on any atom is -0.348 e. The van der Waals surface area contributed by atoms with Gasteiger partial charge in [-0.1, -0.05) is 25.3 Å². The summed E-state index contributed by atoms with van der Waals surface area (Å²) in [6.07, 6.45) is 5.81. The highest BCUT2D eigenvalue weighted by Gasteiger charge is 2.17. The molecule has 5 heteroatoms. The van der Waals surface area contributed by atoms with Crippen LogP contribution in [0.3, 0.4) is 0 Å². The van der Waals surface area contributed by atoms with Gasteiger partial charge in [-0.05, 0) is 25.0 Å². The number of rotatable bonds is 3. The van der Waals surface area contributed by atoms with Crippen molar-refractivity contribution in [2.24, 2.45) is 5.84 Å². The van der Waals surface area contributed by atoms with Gasteiger partial charge in [-0.2, -0.15) is 0 Å². The molecule has 0 atom stereocenters. The molecular weight excluding hydrogens is 216 g/mol. The fourth-order valence-electron chi connectivity index (χ4n) is 2.15. The second kappa shape index (κ2) is 5.63. The zero-order valence-electron chi connectivity index (χ0n) is 9.78. The molecule has 1 amide bonds. The molecule has 5 nitrogen and oxygen atoms in total. The Hall–Kier alpha value is -1.62. The number of amides is 1. The minimum absolute atomic E-state index is 0.117. The third-order valence-electron chi connectivity index (χ3n) is 3.07. The van der Waals surface area contributed by atoms with Gasteiger partial charge in [-0.15, -0.1) is 0 Å². The number of anilines is 1. The van der Waals surface area contributed by atoms with E-state index in [0.29, 0.717) is 17.6 Å². The summed E-state index contributed by atoms with van der Waals surface area (Å²) in [7, 11) is 0. The number of carbonyl (C=O) groups excluding carboxylic acids is 1. The summed E-state index contributed by atoms with van der Waals surface area (Å²) in [5.41, 5.74) is 2.84. The lowest BCUT2D eigenvalue weighted by Gasteiger charge is -2.22. The van der Waals surface area contributed by atoms with E-state index in [0.717, 1.165) is 12.8 Å². The van der Waals surface area contributed by atoms with Crippen LogP contribution in [0.15, 0.2) is 18.2 Å². The number of carbonyl (C=O) groups is 1. The molecule has 1 saturated carbocycles. The number of hydrogen-bond acceptors (Lipinski definition) is 4. The van der Waals surface area contributed by atoms with E-state index in [1.54, 1.807) is 18.2 Å². The number of nitrogens with one attached hydrogen (secondary N) is 2. The molecule has 0 aliphatic heterocycles. The third kappa shape index (κ3) is 3.17. The molecule has 1 aromatic rings. The van der Waals surface area contributed by atoms with Gasteiger partial charge in [0.15, 0.2) is 0 Å². The number of nitrogens with two attached hydrogens (primary N) is 1. The van der Waals surface area contributed by atoms with Gasteiger partial charge in [0.2, 0.25) is 0 Å². The maximum absolute atomic E-state index is 11.9. The topological polar surface area (TPSA) is 80.0 Å². The van der Waals surface area contributed by atoms with Crippen molar-refractivity contribution in [3.8, 4) is 0 Å². The molecular formula is C12H18N4O. The Labute approximate surface area is 101 Å². The van der Waals surface area contributed by atoms with E-state index in [-0.39, 0.29) is 5.91 Å². The van der Waals surface area contributed by atoms with Gasteiger partial charge in [0, 0.05) is 6.04 Å². The van der Waals surface area contributed by atoms with Crippen LogP contribution >= 0.6 is 0 Å². The molecule has 1 fully saturated rings. The Balaban J connectivity index is 1.98. The summed E-state index contributed by atoms with van der Waals surface area (Å²) in [5, 5.41) is 3.02.